The lowest BCUT2D eigenvalue weighted by Crippen LogP contribution is -2.32. The van der Waals surface area contributed by atoms with Crippen molar-refractivity contribution < 1.29 is 18.0 Å². The van der Waals surface area contributed by atoms with E-state index in [4.69, 9.17) is 0 Å². The van der Waals surface area contributed by atoms with Gasteiger partial charge in [-0.15, -0.1) is 10.2 Å². The molecule has 1 aliphatic carbocycles. The molecule has 0 spiro atoms. The summed E-state index contributed by atoms with van der Waals surface area (Å²) in [5.74, 6) is -0.143. The molecule has 1 saturated heterocycles. The van der Waals surface area contributed by atoms with Gasteiger partial charge in [-0.25, -0.2) is 8.42 Å². The number of thioether (sulfide) groups is 1. The van der Waals surface area contributed by atoms with Crippen LogP contribution in [-0.2, 0) is 19.6 Å². The molecule has 172 valence electrons. The van der Waals surface area contributed by atoms with Gasteiger partial charge in [-0.3, -0.25) is 14.5 Å². The molecule has 2 aromatic rings. The second kappa shape index (κ2) is 9.86. The number of carbonyl (C=O) groups is 2. The third-order valence-corrected chi connectivity index (χ3v) is 9.18. The van der Waals surface area contributed by atoms with Crippen molar-refractivity contribution in [1.82, 2.24) is 14.5 Å². The summed E-state index contributed by atoms with van der Waals surface area (Å²) < 4.78 is 27.5. The van der Waals surface area contributed by atoms with Crippen molar-refractivity contribution in [3.05, 3.63) is 24.3 Å². The molecule has 1 saturated carbocycles. The van der Waals surface area contributed by atoms with Gasteiger partial charge in [0, 0.05) is 31.2 Å². The molecule has 1 aromatic heterocycles. The Morgan fingerprint density at radius 1 is 1.25 bits per heavy atom. The maximum atomic E-state index is 12.7. The van der Waals surface area contributed by atoms with E-state index in [1.165, 1.54) is 33.5 Å². The quantitative estimate of drug-likeness (QED) is 0.420. The first-order valence-corrected chi connectivity index (χ1v) is 13.8. The van der Waals surface area contributed by atoms with E-state index >= 15 is 0 Å². The predicted molar refractivity (Wildman–Crippen MR) is 124 cm³/mol. The van der Waals surface area contributed by atoms with E-state index < -0.39 is 10.0 Å². The van der Waals surface area contributed by atoms with Crippen LogP contribution in [0.2, 0.25) is 0 Å². The second-order valence-electron chi connectivity index (χ2n) is 7.67. The Labute approximate surface area is 195 Å². The Morgan fingerprint density at radius 2 is 2.00 bits per heavy atom. The number of rotatable bonds is 9. The number of nitrogens with one attached hydrogen (secondary N) is 1. The number of nitrogens with zero attached hydrogens (tertiary/aromatic N) is 4. The van der Waals surface area contributed by atoms with E-state index in [9.17, 15) is 18.0 Å². The highest BCUT2D eigenvalue weighted by atomic mass is 32.2. The maximum Gasteiger partial charge on any atom is 0.243 e. The fourth-order valence-electron chi connectivity index (χ4n) is 3.46. The lowest BCUT2D eigenvalue weighted by atomic mass is 10.3. The van der Waals surface area contributed by atoms with E-state index in [1.54, 1.807) is 23.1 Å². The largest absolute Gasteiger partial charge is 0.325 e. The molecule has 32 heavy (non-hydrogen) atoms. The standard InChI is InChI=1S/C20H25N5O4S3/c1-2-18(27)25(15-8-9-15)19-22-23-20(31-19)30-13-17(26)21-14-6-5-7-16(12-14)32(28,29)24-10-3-4-11-24/h5-7,12,15H,2-4,8-11,13H2,1H3,(H,21,26). The van der Waals surface area contributed by atoms with Gasteiger partial charge in [0.15, 0.2) is 4.34 Å². The fraction of sp³-hybridized carbons (Fsp3) is 0.500. The smallest absolute Gasteiger partial charge is 0.243 e. The first-order valence-electron chi connectivity index (χ1n) is 10.6. The van der Waals surface area contributed by atoms with Gasteiger partial charge >= 0.3 is 0 Å². The van der Waals surface area contributed by atoms with Gasteiger partial charge in [-0.05, 0) is 43.9 Å². The molecule has 0 radical (unpaired) electrons. The van der Waals surface area contributed by atoms with Gasteiger partial charge in [0.25, 0.3) is 0 Å². The molecule has 12 heteroatoms. The van der Waals surface area contributed by atoms with Crippen LogP contribution in [-0.4, -0.2) is 59.6 Å². The zero-order valence-corrected chi connectivity index (χ0v) is 20.1. The van der Waals surface area contributed by atoms with Crippen LogP contribution in [0.3, 0.4) is 0 Å². The monoisotopic (exact) mass is 495 g/mol. The summed E-state index contributed by atoms with van der Waals surface area (Å²) in [6, 6.07) is 6.53. The van der Waals surface area contributed by atoms with Crippen LogP contribution < -0.4 is 10.2 Å². The molecule has 1 N–H and O–H groups in total. The number of amides is 2. The van der Waals surface area contributed by atoms with Crippen LogP contribution in [0.1, 0.15) is 39.0 Å². The molecule has 0 bridgehead atoms. The van der Waals surface area contributed by atoms with E-state index in [0.29, 0.717) is 34.7 Å². The highest BCUT2D eigenvalue weighted by Crippen LogP contribution is 2.36. The minimum absolute atomic E-state index is 0.0294. The number of benzene rings is 1. The number of carbonyl (C=O) groups excluding carboxylic acids is 2. The van der Waals surface area contributed by atoms with Gasteiger partial charge < -0.3 is 5.32 Å². The lowest BCUT2D eigenvalue weighted by molar-refractivity contribution is -0.118. The van der Waals surface area contributed by atoms with Crippen LogP contribution in [0, 0.1) is 0 Å². The Bertz CT molecular complexity index is 1090. The highest BCUT2D eigenvalue weighted by Gasteiger charge is 2.35. The molecule has 4 rings (SSSR count). The van der Waals surface area contributed by atoms with E-state index in [2.05, 4.69) is 15.5 Å². The summed E-state index contributed by atoms with van der Waals surface area (Å²) >= 11 is 2.54. The Hall–Kier alpha value is -2.02. The fourth-order valence-corrected chi connectivity index (χ4v) is 6.76. The number of hydrogen-bond acceptors (Lipinski definition) is 8. The molecule has 2 aliphatic rings. The summed E-state index contributed by atoms with van der Waals surface area (Å²) in [5.41, 5.74) is 0.433. The highest BCUT2D eigenvalue weighted by molar-refractivity contribution is 8.01. The Morgan fingerprint density at radius 3 is 2.69 bits per heavy atom. The van der Waals surface area contributed by atoms with Crippen LogP contribution in [0.4, 0.5) is 10.8 Å². The average Bonchev–Trinajstić information content (AvgIpc) is 3.25. The summed E-state index contributed by atoms with van der Waals surface area (Å²) in [6.07, 6.45) is 4.09. The van der Waals surface area contributed by atoms with Crippen molar-refractivity contribution in [2.45, 2.75) is 54.3 Å². The molecule has 1 aliphatic heterocycles. The second-order valence-corrected chi connectivity index (χ2v) is 11.8. The zero-order chi connectivity index (χ0) is 22.7. The Balaban J connectivity index is 1.35. The molecular weight excluding hydrogens is 470 g/mol. The lowest BCUT2D eigenvalue weighted by Gasteiger charge is -2.17. The molecule has 1 aromatic carbocycles. The van der Waals surface area contributed by atoms with E-state index in [1.807, 2.05) is 6.92 Å². The molecule has 0 atom stereocenters. The van der Waals surface area contributed by atoms with Crippen molar-refractivity contribution in [1.29, 1.82) is 0 Å². The first-order chi connectivity index (χ1) is 15.4. The maximum absolute atomic E-state index is 12.7. The third-order valence-electron chi connectivity index (χ3n) is 5.23. The van der Waals surface area contributed by atoms with Crippen molar-refractivity contribution in [3.63, 3.8) is 0 Å². The van der Waals surface area contributed by atoms with Gasteiger partial charge in [0.1, 0.15) is 0 Å². The molecule has 0 unspecified atom stereocenters. The van der Waals surface area contributed by atoms with Crippen LogP contribution in [0.25, 0.3) is 0 Å². The number of anilines is 2. The van der Waals surface area contributed by atoms with E-state index in [0.717, 1.165) is 25.7 Å². The molecule has 2 fully saturated rings. The predicted octanol–water partition coefficient (Wildman–Crippen LogP) is 2.96. The number of sulfonamides is 1. The van der Waals surface area contributed by atoms with Crippen LogP contribution >= 0.6 is 23.1 Å². The van der Waals surface area contributed by atoms with Crippen molar-refractivity contribution in [2.75, 3.05) is 29.1 Å². The third kappa shape index (κ3) is 5.30. The first kappa shape index (κ1) is 23.1. The molecule has 2 heterocycles. The van der Waals surface area contributed by atoms with Crippen molar-refractivity contribution in [3.8, 4) is 0 Å². The van der Waals surface area contributed by atoms with Gasteiger partial charge in [0.2, 0.25) is 27.0 Å². The topological polar surface area (TPSA) is 113 Å². The number of aromatic nitrogens is 2. The van der Waals surface area contributed by atoms with Gasteiger partial charge in [-0.1, -0.05) is 36.1 Å². The van der Waals surface area contributed by atoms with Crippen molar-refractivity contribution in [2.24, 2.45) is 0 Å². The molecule has 9 nitrogen and oxygen atoms in total. The molecular formula is C20H25N5O4S3. The van der Waals surface area contributed by atoms with Crippen LogP contribution in [0.15, 0.2) is 33.5 Å². The molecule has 2 amide bonds. The average molecular weight is 496 g/mol. The summed E-state index contributed by atoms with van der Waals surface area (Å²) in [7, 11) is -3.54. The van der Waals surface area contributed by atoms with E-state index in [-0.39, 0.29) is 28.5 Å². The van der Waals surface area contributed by atoms with Crippen molar-refractivity contribution >= 4 is 55.8 Å². The van der Waals surface area contributed by atoms with Gasteiger partial charge in [0.05, 0.1) is 10.6 Å². The van der Waals surface area contributed by atoms with Crippen LogP contribution in [0.5, 0.6) is 0 Å². The Kier molecular flexibility index (Phi) is 7.13. The minimum atomic E-state index is -3.54. The zero-order valence-electron chi connectivity index (χ0n) is 17.7. The summed E-state index contributed by atoms with van der Waals surface area (Å²) in [5, 5.41) is 11.6. The number of hydrogen-bond donors (Lipinski definition) is 1. The SMILES string of the molecule is CCC(=O)N(c1nnc(SCC(=O)Nc2cccc(S(=O)(=O)N3CCCC3)c2)s1)C1CC1. The van der Waals surface area contributed by atoms with Gasteiger partial charge in [-0.2, -0.15) is 4.31 Å². The summed E-state index contributed by atoms with van der Waals surface area (Å²) in [4.78, 5) is 26.5. The minimum Gasteiger partial charge on any atom is -0.325 e. The normalized spacial score (nSPS) is 16.8. The summed E-state index contributed by atoms with van der Waals surface area (Å²) in [6.45, 7) is 2.88.